The van der Waals surface area contributed by atoms with E-state index in [-0.39, 0.29) is 23.7 Å². The quantitative estimate of drug-likeness (QED) is 0.762. The molecule has 0 spiro atoms. The summed E-state index contributed by atoms with van der Waals surface area (Å²) >= 11 is 0. The van der Waals surface area contributed by atoms with Crippen molar-refractivity contribution in [1.82, 2.24) is 4.90 Å². The molecule has 142 valence electrons. The molecule has 0 unspecified atom stereocenters. The van der Waals surface area contributed by atoms with Crippen molar-refractivity contribution in [3.05, 3.63) is 71.0 Å². The Kier molecular flexibility index (Phi) is 5.89. The minimum Gasteiger partial charge on any atom is -0.390 e. The number of carbonyl (C=O) groups excluding carboxylic acids is 1. The summed E-state index contributed by atoms with van der Waals surface area (Å²) in [4.78, 5) is 20.0. The third-order valence-corrected chi connectivity index (χ3v) is 4.61. The summed E-state index contributed by atoms with van der Waals surface area (Å²) in [6.07, 6.45) is 0.450. The highest BCUT2D eigenvalue weighted by atomic mass is 19.1. The summed E-state index contributed by atoms with van der Waals surface area (Å²) in [5.41, 5.74) is 3.89. The molecule has 3 rings (SSSR count). The summed E-state index contributed by atoms with van der Waals surface area (Å²) in [5, 5.41) is 4.21. The SMILES string of the molecule is Cc1ccc(C2=NO[C@H](CN(Cc3cccc(F)c3)C(=O)C(C)C)C2)cc1. The first-order valence-corrected chi connectivity index (χ1v) is 9.25. The zero-order valence-corrected chi connectivity index (χ0v) is 16.0. The van der Waals surface area contributed by atoms with Crippen LogP contribution in [0.2, 0.25) is 0 Å². The Morgan fingerprint density at radius 2 is 2.00 bits per heavy atom. The molecule has 2 aromatic rings. The third kappa shape index (κ3) is 4.94. The van der Waals surface area contributed by atoms with E-state index < -0.39 is 0 Å². The maximum absolute atomic E-state index is 13.5. The van der Waals surface area contributed by atoms with Gasteiger partial charge in [0.2, 0.25) is 5.91 Å². The van der Waals surface area contributed by atoms with Crippen molar-refractivity contribution in [1.29, 1.82) is 0 Å². The Hall–Kier alpha value is -2.69. The second kappa shape index (κ2) is 8.33. The van der Waals surface area contributed by atoms with Crippen LogP contribution in [0.3, 0.4) is 0 Å². The number of rotatable bonds is 6. The Morgan fingerprint density at radius 1 is 1.26 bits per heavy atom. The van der Waals surface area contributed by atoms with E-state index in [0.717, 1.165) is 16.8 Å². The fraction of sp³-hybridized carbons (Fsp3) is 0.364. The summed E-state index contributed by atoms with van der Waals surface area (Å²) in [6.45, 7) is 6.55. The molecule has 0 aromatic heterocycles. The van der Waals surface area contributed by atoms with Crippen LogP contribution in [0.15, 0.2) is 53.7 Å². The molecule has 0 radical (unpaired) electrons. The largest absolute Gasteiger partial charge is 0.390 e. The van der Waals surface area contributed by atoms with Crippen LogP contribution >= 0.6 is 0 Å². The lowest BCUT2D eigenvalue weighted by Gasteiger charge is -2.26. The van der Waals surface area contributed by atoms with Crippen molar-refractivity contribution in [2.45, 2.75) is 39.8 Å². The van der Waals surface area contributed by atoms with Gasteiger partial charge >= 0.3 is 0 Å². The molecule has 0 bridgehead atoms. The minimum absolute atomic E-state index is 0.0200. The van der Waals surface area contributed by atoms with Gasteiger partial charge < -0.3 is 9.74 Å². The first-order valence-electron chi connectivity index (χ1n) is 9.25. The van der Waals surface area contributed by atoms with Crippen molar-refractivity contribution >= 4 is 11.6 Å². The number of hydrogen-bond acceptors (Lipinski definition) is 3. The molecular formula is C22H25FN2O2. The highest BCUT2D eigenvalue weighted by Gasteiger charge is 2.27. The molecule has 0 N–H and O–H groups in total. The maximum atomic E-state index is 13.5. The predicted octanol–water partition coefficient (Wildman–Crippen LogP) is 4.31. The summed E-state index contributed by atoms with van der Waals surface area (Å²) in [6, 6.07) is 14.5. The van der Waals surface area contributed by atoms with Gasteiger partial charge in [0.25, 0.3) is 0 Å². The van der Waals surface area contributed by atoms with E-state index in [0.29, 0.717) is 19.5 Å². The van der Waals surface area contributed by atoms with Crippen LogP contribution in [0.5, 0.6) is 0 Å². The molecule has 1 aliphatic rings. The average molecular weight is 368 g/mol. The molecule has 1 aliphatic heterocycles. The van der Waals surface area contributed by atoms with Crippen LogP contribution in [0.4, 0.5) is 4.39 Å². The molecule has 1 heterocycles. The number of amides is 1. The topological polar surface area (TPSA) is 41.9 Å². The molecule has 1 atom stereocenters. The number of hydrogen-bond donors (Lipinski definition) is 0. The van der Waals surface area contributed by atoms with Crippen molar-refractivity contribution in [2.24, 2.45) is 11.1 Å². The van der Waals surface area contributed by atoms with Crippen molar-refractivity contribution < 1.29 is 14.0 Å². The van der Waals surface area contributed by atoms with E-state index in [1.54, 1.807) is 11.0 Å². The number of aryl methyl sites for hydroxylation is 1. The van der Waals surface area contributed by atoms with Gasteiger partial charge in [0.1, 0.15) is 5.82 Å². The van der Waals surface area contributed by atoms with Crippen LogP contribution in [-0.2, 0) is 16.2 Å². The lowest BCUT2D eigenvalue weighted by molar-refractivity contribution is -0.137. The van der Waals surface area contributed by atoms with Crippen LogP contribution < -0.4 is 0 Å². The van der Waals surface area contributed by atoms with E-state index in [1.165, 1.54) is 17.7 Å². The molecule has 27 heavy (non-hydrogen) atoms. The standard InChI is InChI=1S/C22H25FN2O2/c1-15(2)22(26)25(13-17-5-4-6-19(23)11-17)14-20-12-21(24-27-20)18-9-7-16(3)8-10-18/h4-11,15,20H,12-14H2,1-3H3/t20-/m0/s1. The smallest absolute Gasteiger partial charge is 0.225 e. The van der Waals surface area contributed by atoms with Gasteiger partial charge in [0, 0.05) is 18.9 Å². The van der Waals surface area contributed by atoms with Crippen molar-refractivity contribution in [2.75, 3.05) is 6.54 Å². The van der Waals surface area contributed by atoms with E-state index >= 15 is 0 Å². The van der Waals surface area contributed by atoms with Gasteiger partial charge in [0.15, 0.2) is 6.10 Å². The summed E-state index contributed by atoms with van der Waals surface area (Å²) < 4.78 is 13.5. The van der Waals surface area contributed by atoms with Gasteiger partial charge in [-0.05, 0) is 30.2 Å². The van der Waals surface area contributed by atoms with Crippen LogP contribution in [0.1, 0.15) is 37.0 Å². The van der Waals surface area contributed by atoms with E-state index in [4.69, 9.17) is 4.84 Å². The monoisotopic (exact) mass is 368 g/mol. The van der Waals surface area contributed by atoms with Gasteiger partial charge in [-0.2, -0.15) is 0 Å². The highest BCUT2D eigenvalue weighted by Crippen LogP contribution is 2.20. The van der Waals surface area contributed by atoms with E-state index in [1.807, 2.05) is 51.1 Å². The van der Waals surface area contributed by atoms with Gasteiger partial charge in [-0.3, -0.25) is 4.79 Å². The zero-order valence-electron chi connectivity index (χ0n) is 16.0. The zero-order chi connectivity index (χ0) is 19.4. The van der Waals surface area contributed by atoms with Crippen molar-refractivity contribution in [3.8, 4) is 0 Å². The van der Waals surface area contributed by atoms with Gasteiger partial charge in [-0.25, -0.2) is 4.39 Å². The normalized spacial score (nSPS) is 16.2. The van der Waals surface area contributed by atoms with E-state index in [9.17, 15) is 9.18 Å². The lowest BCUT2D eigenvalue weighted by Crippen LogP contribution is -2.39. The third-order valence-electron chi connectivity index (χ3n) is 4.61. The first-order chi connectivity index (χ1) is 12.9. The van der Waals surface area contributed by atoms with Crippen LogP contribution in [0, 0.1) is 18.7 Å². The summed E-state index contributed by atoms with van der Waals surface area (Å²) in [5.74, 6) is -0.421. The molecule has 0 fully saturated rings. The number of nitrogens with zero attached hydrogens (tertiary/aromatic N) is 2. The fourth-order valence-corrected chi connectivity index (χ4v) is 3.14. The van der Waals surface area contributed by atoms with Crippen LogP contribution in [0.25, 0.3) is 0 Å². The number of benzene rings is 2. The number of oxime groups is 1. The Morgan fingerprint density at radius 3 is 2.67 bits per heavy atom. The number of halogens is 1. The average Bonchev–Trinajstić information content (AvgIpc) is 3.09. The molecule has 4 nitrogen and oxygen atoms in total. The molecular weight excluding hydrogens is 343 g/mol. The summed E-state index contributed by atoms with van der Waals surface area (Å²) in [7, 11) is 0. The predicted molar refractivity (Wildman–Crippen MR) is 104 cm³/mol. The molecule has 0 aliphatic carbocycles. The van der Waals surface area contributed by atoms with Gasteiger partial charge in [-0.1, -0.05) is 61.0 Å². The van der Waals surface area contributed by atoms with Gasteiger partial charge in [0.05, 0.1) is 12.3 Å². The fourth-order valence-electron chi connectivity index (χ4n) is 3.14. The molecule has 5 heteroatoms. The Bertz CT molecular complexity index is 830. The molecule has 2 aromatic carbocycles. The molecule has 0 saturated carbocycles. The van der Waals surface area contributed by atoms with Crippen LogP contribution in [-0.4, -0.2) is 29.2 Å². The first kappa shape index (κ1) is 19.1. The lowest BCUT2D eigenvalue weighted by atomic mass is 10.0. The minimum atomic E-state index is -0.299. The Labute approximate surface area is 159 Å². The second-order valence-corrected chi connectivity index (χ2v) is 7.34. The molecule has 0 saturated heterocycles. The van der Waals surface area contributed by atoms with Gasteiger partial charge in [-0.15, -0.1) is 0 Å². The molecule has 1 amide bonds. The second-order valence-electron chi connectivity index (χ2n) is 7.34. The number of carbonyl (C=O) groups is 1. The van der Waals surface area contributed by atoms with E-state index in [2.05, 4.69) is 5.16 Å². The van der Waals surface area contributed by atoms with Crippen molar-refractivity contribution in [3.63, 3.8) is 0 Å². The highest BCUT2D eigenvalue weighted by molar-refractivity contribution is 6.01. The maximum Gasteiger partial charge on any atom is 0.225 e. The Balaban J connectivity index is 1.68.